The highest BCUT2D eigenvalue weighted by Crippen LogP contribution is 2.49. The van der Waals surface area contributed by atoms with Gasteiger partial charge in [-0.2, -0.15) is 10.2 Å². The van der Waals surface area contributed by atoms with Gasteiger partial charge in [0.15, 0.2) is 0 Å². The SMILES string of the molecule is CN[C@]1(c2ccccc2)CC[C@@]2(CC1)CN(c1cnc(C#N)nc1OC)C(=O)N2CC1CCC1. The number of carbonyl (C=O) groups is 1. The van der Waals surface area contributed by atoms with Gasteiger partial charge in [-0.1, -0.05) is 36.8 Å². The molecule has 1 saturated heterocycles. The van der Waals surface area contributed by atoms with Crippen LogP contribution in [-0.2, 0) is 5.54 Å². The van der Waals surface area contributed by atoms with Crippen molar-refractivity contribution in [2.24, 2.45) is 5.92 Å². The number of hydrogen-bond acceptors (Lipinski definition) is 6. The molecule has 2 saturated carbocycles. The van der Waals surface area contributed by atoms with Crippen molar-refractivity contribution >= 4 is 11.7 Å². The second-order valence-corrected chi connectivity index (χ2v) is 9.90. The van der Waals surface area contributed by atoms with Crippen molar-refractivity contribution in [3.63, 3.8) is 0 Å². The summed E-state index contributed by atoms with van der Waals surface area (Å²) < 4.78 is 5.46. The summed E-state index contributed by atoms with van der Waals surface area (Å²) >= 11 is 0. The van der Waals surface area contributed by atoms with Crippen molar-refractivity contribution in [2.45, 2.75) is 56.0 Å². The van der Waals surface area contributed by atoms with Gasteiger partial charge in [0, 0.05) is 12.1 Å². The molecule has 0 radical (unpaired) electrons. The average Bonchev–Trinajstić information content (AvgIpc) is 3.13. The molecule has 5 rings (SSSR count). The highest BCUT2D eigenvalue weighted by atomic mass is 16.5. The van der Waals surface area contributed by atoms with Crippen LogP contribution in [0.4, 0.5) is 10.5 Å². The number of benzene rings is 1. The van der Waals surface area contributed by atoms with Crippen LogP contribution in [0.3, 0.4) is 0 Å². The maximum atomic E-state index is 13.8. The zero-order chi connectivity index (χ0) is 23.8. The number of urea groups is 1. The first-order chi connectivity index (χ1) is 16.5. The highest BCUT2D eigenvalue weighted by Gasteiger charge is 2.55. The van der Waals surface area contributed by atoms with E-state index in [0.717, 1.165) is 32.2 Å². The van der Waals surface area contributed by atoms with Crippen molar-refractivity contribution < 1.29 is 9.53 Å². The fraction of sp³-hybridized carbons (Fsp3) is 0.538. The van der Waals surface area contributed by atoms with Gasteiger partial charge in [0.05, 0.1) is 25.4 Å². The van der Waals surface area contributed by atoms with Gasteiger partial charge >= 0.3 is 6.03 Å². The molecular formula is C26H32N6O2. The Bertz CT molecular complexity index is 1090. The lowest BCUT2D eigenvalue weighted by atomic mass is 9.68. The van der Waals surface area contributed by atoms with Gasteiger partial charge in [-0.3, -0.25) is 4.90 Å². The summed E-state index contributed by atoms with van der Waals surface area (Å²) in [5.74, 6) is 0.878. The lowest BCUT2D eigenvalue weighted by Crippen LogP contribution is -2.56. The number of rotatable bonds is 6. The summed E-state index contributed by atoms with van der Waals surface area (Å²) in [6.07, 6.45) is 8.91. The van der Waals surface area contributed by atoms with E-state index in [1.807, 2.05) is 13.1 Å². The monoisotopic (exact) mass is 460 g/mol. The number of amides is 2. The number of anilines is 1. The van der Waals surface area contributed by atoms with E-state index in [0.29, 0.717) is 18.2 Å². The van der Waals surface area contributed by atoms with Crippen LogP contribution in [0.1, 0.15) is 56.3 Å². The largest absolute Gasteiger partial charge is 0.479 e. The summed E-state index contributed by atoms with van der Waals surface area (Å²) in [6.45, 7) is 1.38. The Morgan fingerprint density at radius 2 is 1.94 bits per heavy atom. The Balaban J connectivity index is 1.46. The topological polar surface area (TPSA) is 94.4 Å². The number of nitriles is 1. The molecule has 34 heavy (non-hydrogen) atoms. The molecule has 0 bridgehead atoms. The summed E-state index contributed by atoms with van der Waals surface area (Å²) in [5.41, 5.74) is 1.53. The Morgan fingerprint density at radius 3 is 2.53 bits per heavy atom. The molecule has 2 amide bonds. The van der Waals surface area contributed by atoms with Crippen LogP contribution in [0.25, 0.3) is 0 Å². The molecule has 1 aliphatic heterocycles. The van der Waals surface area contributed by atoms with Crippen LogP contribution < -0.4 is 15.0 Å². The van der Waals surface area contributed by atoms with Gasteiger partial charge in [-0.05, 0) is 57.1 Å². The average molecular weight is 461 g/mol. The number of hydrogen-bond donors (Lipinski definition) is 1. The number of aromatic nitrogens is 2. The second-order valence-electron chi connectivity index (χ2n) is 9.90. The molecule has 1 aromatic carbocycles. The van der Waals surface area contributed by atoms with Gasteiger partial charge in [-0.25, -0.2) is 9.78 Å². The molecule has 2 heterocycles. The minimum atomic E-state index is -0.235. The summed E-state index contributed by atoms with van der Waals surface area (Å²) in [6, 6.07) is 12.6. The molecule has 3 aliphatic rings. The minimum absolute atomic E-state index is 0.00447. The van der Waals surface area contributed by atoms with Crippen LogP contribution in [0.2, 0.25) is 0 Å². The standard InChI is InChI=1S/C26H32N6O2/c1-28-26(20-9-4-3-5-10-20)13-11-25(12-14-26)18-31(24(33)32(25)17-19-7-6-8-19)21-16-29-22(15-27)30-23(21)34-2/h3-5,9-10,16,19,28H,6-8,11-14,17-18H2,1-2H3/t25-,26-. The Morgan fingerprint density at radius 1 is 1.21 bits per heavy atom. The first-order valence-corrected chi connectivity index (χ1v) is 12.2. The highest BCUT2D eigenvalue weighted by molar-refractivity contribution is 5.96. The molecule has 178 valence electrons. The van der Waals surface area contributed by atoms with Gasteiger partial charge in [-0.15, -0.1) is 0 Å². The number of nitrogens with one attached hydrogen (secondary N) is 1. The molecule has 8 nitrogen and oxygen atoms in total. The molecule has 1 N–H and O–H groups in total. The summed E-state index contributed by atoms with van der Waals surface area (Å²) in [5, 5.41) is 12.8. The third kappa shape index (κ3) is 3.68. The Hall–Kier alpha value is -3.18. The molecule has 2 aliphatic carbocycles. The molecule has 3 fully saturated rings. The van der Waals surface area contributed by atoms with Crippen molar-refractivity contribution in [2.75, 3.05) is 32.1 Å². The normalized spacial score (nSPS) is 27.0. The van der Waals surface area contributed by atoms with E-state index in [9.17, 15) is 10.1 Å². The first kappa shape index (κ1) is 22.6. The lowest BCUT2D eigenvalue weighted by molar-refractivity contribution is 0.0593. The number of carbonyl (C=O) groups excluding carboxylic acids is 1. The van der Waals surface area contributed by atoms with E-state index >= 15 is 0 Å². The smallest absolute Gasteiger partial charge is 0.325 e. The van der Waals surface area contributed by atoms with Crippen molar-refractivity contribution in [1.82, 2.24) is 20.2 Å². The van der Waals surface area contributed by atoms with Gasteiger partial charge in [0.25, 0.3) is 0 Å². The number of methoxy groups -OCH3 is 1. The Kier molecular flexibility index (Phi) is 5.90. The number of ether oxygens (including phenoxy) is 1. The van der Waals surface area contributed by atoms with Crippen molar-refractivity contribution in [3.05, 3.63) is 47.9 Å². The van der Waals surface area contributed by atoms with Crippen LogP contribution in [0.5, 0.6) is 5.88 Å². The predicted molar refractivity (Wildman–Crippen MR) is 128 cm³/mol. The summed E-state index contributed by atoms with van der Waals surface area (Å²) in [7, 11) is 3.55. The predicted octanol–water partition coefficient (Wildman–Crippen LogP) is 3.83. The Labute approximate surface area is 200 Å². The van der Waals surface area contributed by atoms with Crippen LogP contribution >= 0.6 is 0 Å². The summed E-state index contributed by atoms with van der Waals surface area (Å²) in [4.78, 5) is 26.1. The third-order valence-corrected chi connectivity index (χ3v) is 8.31. The molecule has 1 aromatic heterocycles. The van der Waals surface area contributed by atoms with E-state index in [2.05, 4.69) is 50.5 Å². The zero-order valence-electron chi connectivity index (χ0n) is 20.0. The molecule has 0 unspecified atom stereocenters. The van der Waals surface area contributed by atoms with Crippen LogP contribution in [0.15, 0.2) is 36.5 Å². The first-order valence-electron chi connectivity index (χ1n) is 12.2. The fourth-order valence-corrected chi connectivity index (χ4v) is 5.95. The van der Waals surface area contributed by atoms with Gasteiger partial charge < -0.3 is 15.0 Å². The molecular weight excluding hydrogens is 428 g/mol. The molecule has 0 atom stereocenters. The molecule has 2 aromatic rings. The third-order valence-electron chi connectivity index (χ3n) is 8.31. The van der Waals surface area contributed by atoms with Crippen molar-refractivity contribution in [1.29, 1.82) is 5.26 Å². The fourth-order valence-electron chi connectivity index (χ4n) is 5.95. The quantitative estimate of drug-likeness (QED) is 0.704. The molecule has 8 heteroatoms. The zero-order valence-corrected chi connectivity index (χ0v) is 20.0. The maximum absolute atomic E-state index is 13.8. The van der Waals surface area contributed by atoms with Crippen LogP contribution in [0, 0.1) is 17.2 Å². The van der Waals surface area contributed by atoms with E-state index in [-0.39, 0.29) is 28.8 Å². The van der Waals surface area contributed by atoms with Gasteiger partial charge in [0.2, 0.25) is 11.7 Å². The number of nitrogens with zero attached hydrogens (tertiary/aromatic N) is 5. The molecule has 1 spiro atoms. The van der Waals surface area contributed by atoms with E-state index in [4.69, 9.17) is 4.74 Å². The van der Waals surface area contributed by atoms with E-state index in [1.54, 1.807) is 11.1 Å². The van der Waals surface area contributed by atoms with E-state index < -0.39 is 0 Å². The lowest BCUT2D eigenvalue weighted by Gasteiger charge is -2.49. The van der Waals surface area contributed by atoms with E-state index in [1.165, 1.54) is 31.9 Å². The van der Waals surface area contributed by atoms with Crippen LogP contribution in [-0.4, -0.2) is 53.7 Å². The van der Waals surface area contributed by atoms with Gasteiger partial charge in [0.1, 0.15) is 11.8 Å². The maximum Gasteiger partial charge on any atom is 0.325 e. The van der Waals surface area contributed by atoms with Crippen molar-refractivity contribution in [3.8, 4) is 11.9 Å². The minimum Gasteiger partial charge on any atom is -0.479 e. The second kappa shape index (κ2) is 8.88.